The lowest BCUT2D eigenvalue weighted by Gasteiger charge is -2.27. The van der Waals surface area contributed by atoms with Gasteiger partial charge in [-0.05, 0) is 30.2 Å². The molecule has 0 aliphatic carbocycles. The van der Waals surface area contributed by atoms with Crippen molar-refractivity contribution in [2.24, 2.45) is 0 Å². The summed E-state index contributed by atoms with van der Waals surface area (Å²) >= 11 is 0. The first-order chi connectivity index (χ1) is 12.3. The van der Waals surface area contributed by atoms with Crippen LogP contribution in [0.4, 0.5) is 4.39 Å². The monoisotopic (exact) mass is 378 g/mol. The number of benzene rings is 2. The van der Waals surface area contributed by atoms with Crippen LogP contribution in [0, 0.1) is 5.82 Å². The SMILES string of the molecule is CC(c1ccccc1)N(CCNC(=O)Cc1cccc(F)c1)S(C)(=O)=O. The Morgan fingerprint density at radius 3 is 2.46 bits per heavy atom. The second-order valence-electron chi connectivity index (χ2n) is 6.12. The van der Waals surface area contributed by atoms with Crippen LogP contribution in [0.5, 0.6) is 0 Å². The van der Waals surface area contributed by atoms with Crippen LogP contribution in [0.15, 0.2) is 54.6 Å². The van der Waals surface area contributed by atoms with Crippen LogP contribution < -0.4 is 5.32 Å². The van der Waals surface area contributed by atoms with Crippen LogP contribution in [-0.2, 0) is 21.2 Å². The minimum Gasteiger partial charge on any atom is -0.354 e. The summed E-state index contributed by atoms with van der Waals surface area (Å²) in [6.45, 7) is 2.15. The van der Waals surface area contributed by atoms with E-state index in [0.29, 0.717) is 5.56 Å². The minimum absolute atomic E-state index is 0.0465. The van der Waals surface area contributed by atoms with Crippen LogP contribution in [0.1, 0.15) is 24.1 Å². The fourth-order valence-corrected chi connectivity index (χ4v) is 3.86. The Morgan fingerprint density at radius 1 is 1.15 bits per heavy atom. The number of sulfonamides is 1. The molecule has 0 heterocycles. The first-order valence-corrected chi connectivity index (χ1v) is 10.1. The Morgan fingerprint density at radius 2 is 1.85 bits per heavy atom. The highest BCUT2D eigenvalue weighted by atomic mass is 32.2. The van der Waals surface area contributed by atoms with E-state index in [1.807, 2.05) is 37.3 Å². The van der Waals surface area contributed by atoms with Crippen LogP contribution >= 0.6 is 0 Å². The summed E-state index contributed by atoms with van der Waals surface area (Å²) in [5.41, 5.74) is 1.45. The molecule has 0 radical (unpaired) electrons. The molecule has 5 nitrogen and oxygen atoms in total. The molecule has 0 spiro atoms. The van der Waals surface area contributed by atoms with Gasteiger partial charge in [-0.15, -0.1) is 0 Å². The quantitative estimate of drug-likeness (QED) is 0.768. The van der Waals surface area contributed by atoms with Gasteiger partial charge < -0.3 is 5.32 Å². The highest BCUT2D eigenvalue weighted by molar-refractivity contribution is 7.88. The summed E-state index contributed by atoms with van der Waals surface area (Å²) in [5, 5.41) is 2.69. The van der Waals surface area contributed by atoms with E-state index in [1.165, 1.54) is 16.4 Å². The lowest BCUT2D eigenvalue weighted by Crippen LogP contribution is -2.39. The summed E-state index contributed by atoms with van der Waals surface area (Å²) in [6.07, 6.45) is 1.20. The second kappa shape index (κ2) is 8.91. The van der Waals surface area contributed by atoms with Crippen LogP contribution in [-0.4, -0.2) is 38.0 Å². The minimum atomic E-state index is -3.44. The first kappa shape index (κ1) is 20.1. The molecule has 0 fully saturated rings. The average Bonchev–Trinajstić information content (AvgIpc) is 2.58. The number of carbonyl (C=O) groups excluding carboxylic acids is 1. The molecule has 1 atom stereocenters. The highest BCUT2D eigenvalue weighted by Crippen LogP contribution is 2.21. The Bertz CT molecular complexity index is 841. The van der Waals surface area contributed by atoms with Crippen LogP contribution in [0.3, 0.4) is 0 Å². The molecule has 1 amide bonds. The van der Waals surface area contributed by atoms with E-state index in [2.05, 4.69) is 5.32 Å². The summed E-state index contributed by atoms with van der Waals surface area (Å²) in [6, 6.07) is 14.8. The maximum absolute atomic E-state index is 13.2. The van der Waals surface area contributed by atoms with Gasteiger partial charge >= 0.3 is 0 Å². The lowest BCUT2D eigenvalue weighted by atomic mass is 10.1. The predicted molar refractivity (Wildman–Crippen MR) is 99.5 cm³/mol. The number of amides is 1. The molecule has 140 valence electrons. The summed E-state index contributed by atoms with van der Waals surface area (Å²) < 4.78 is 38.7. The van der Waals surface area contributed by atoms with Crippen molar-refractivity contribution in [3.05, 3.63) is 71.5 Å². The topological polar surface area (TPSA) is 66.5 Å². The van der Waals surface area contributed by atoms with Crippen molar-refractivity contribution < 1.29 is 17.6 Å². The van der Waals surface area contributed by atoms with Crippen LogP contribution in [0.2, 0.25) is 0 Å². The zero-order valence-electron chi connectivity index (χ0n) is 14.9. The third-order valence-electron chi connectivity index (χ3n) is 4.05. The average molecular weight is 378 g/mol. The third kappa shape index (κ3) is 5.93. The molecule has 2 rings (SSSR count). The van der Waals surface area contributed by atoms with Gasteiger partial charge in [0.25, 0.3) is 0 Å². The van der Waals surface area contributed by atoms with Gasteiger partial charge in [-0.25, -0.2) is 12.8 Å². The van der Waals surface area contributed by atoms with E-state index in [0.717, 1.165) is 11.8 Å². The Balaban J connectivity index is 1.94. The van der Waals surface area contributed by atoms with Gasteiger partial charge in [0.1, 0.15) is 5.82 Å². The molecule has 1 unspecified atom stereocenters. The Labute approximate surface area is 153 Å². The molecule has 0 aliphatic rings. The van der Waals surface area contributed by atoms with Crippen molar-refractivity contribution in [2.75, 3.05) is 19.3 Å². The smallest absolute Gasteiger partial charge is 0.224 e. The number of rotatable bonds is 8. The van der Waals surface area contributed by atoms with E-state index >= 15 is 0 Å². The molecular formula is C19H23FN2O3S. The predicted octanol–water partition coefficient (Wildman–Crippen LogP) is 2.51. The first-order valence-electron chi connectivity index (χ1n) is 8.30. The zero-order valence-corrected chi connectivity index (χ0v) is 15.7. The van der Waals surface area contributed by atoms with Crippen molar-refractivity contribution in [3.63, 3.8) is 0 Å². The summed E-state index contributed by atoms with van der Waals surface area (Å²) in [4.78, 5) is 12.0. The largest absolute Gasteiger partial charge is 0.354 e. The molecule has 0 aromatic heterocycles. The van der Waals surface area contributed by atoms with Gasteiger partial charge in [-0.3, -0.25) is 4.79 Å². The number of nitrogens with zero attached hydrogens (tertiary/aromatic N) is 1. The van der Waals surface area contributed by atoms with Crippen molar-refractivity contribution in [3.8, 4) is 0 Å². The van der Waals surface area contributed by atoms with E-state index in [1.54, 1.807) is 12.1 Å². The number of carbonyl (C=O) groups is 1. The number of nitrogens with one attached hydrogen (secondary N) is 1. The standard InChI is InChI=1S/C19H23FN2O3S/c1-15(17-8-4-3-5-9-17)22(26(2,24)25)12-11-21-19(23)14-16-7-6-10-18(20)13-16/h3-10,13,15H,11-12,14H2,1-2H3,(H,21,23). The molecule has 2 aromatic rings. The molecule has 1 N–H and O–H groups in total. The second-order valence-corrected chi connectivity index (χ2v) is 8.05. The lowest BCUT2D eigenvalue weighted by molar-refractivity contribution is -0.120. The molecule has 0 saturated heterocycles. The molecular weight excluding hydrogens is 355 g/mol. The molecule has 2 aromatic carbocycles. The molecule has 7 heteroatoms. The van der Waals surface area contributed by atoms with Crippen molar-refractivity contribution in [1.82, 2.24) is 9.62 Å². The van der Waals surface area contributed by atoms with E-state index in [4.69, 9.17) is 0 Å². The number of hydrogen-bond acceptors (Lipinski definition) is 3. The Kier molecular flexibility index (Phi) is 6.88. The summed E-state index contributed by atoms with van der Waals surface area (Å²) in [7, 11) is -3.44. The van der Waals surface area contributed by atoms with Gasteiger partial charge in [-0.2, -0.15) is 4.31 Å². The molecule has 0 saturated carbocycles. The highest BCUT2D eigenvalue weighted by Gasteiger charge is 2.24. The zero-order chi connectivity index (χ0) is 19.2. The third-order valence-corrected chi connectivity index (χ3v) is 5.40. The van der Waals surface area contributed by atoms with Gasteiger partial charge in [0.2, 0.25) is 15.9 Å². The van der Waals surface area contributed by atoms with E-state index < -0.39 is 15.8 Å². The maximum atomic E-state index is 13.2. The summed E-state index contributed by atoms with van der Waals surface area (Å²) in [5.74, 6) is -0.674. The number of halogens is 1. The normalized spacial score (nSPS) is 12.8. The van der Waals surface area contributed by atoms with Crippen molar-refractivity contribution in [1.29, 1.82) is 0 Å². The fraction of sp³-hybridized carbons (Fsp3) is 0.316. The van der Waals surface area contributed by atoms with Gasteiger partial charge in [0.05, 0.1) is 12.7 Å². The Hall–Kier alpha value is -2.25. The van der Waals surface area contributed by atoms with E-state index in [-0.39, 0.29) is 31.5 Å². The van der Waals surface area contributed by atoms with Gasteiger partial charge in [0.15, 0.2) is 0 Å². The van der Waals surface area contributed by atoms with Crippen LogP contribution in [0.25, 0.3) is 0 Å². The van der Waals surface area contributed by atoms with Gasteiger partial charge in [-0.1, -0.05) is 42.5 Å². The van der Waals surface area contributed by atoms with Crippen molar-refractivity contribution in [2.45, 2.75) is 19.4 Å². The van der Waals surface area contributed by atoms with E-state index in [9.17, 15) is 17.6 Å². The number of hydrogen-bond donors (Lipinski definition) is 1. The fourth-order valence-electron chi connectivity index (χ4n) is 2.74. The maximum Gasteiger partial charge on any atom is 0.224 e. The molecule has 0 bridgehead atoms. The molecule has 26 heavy (non-hydrogen) atoms. The van der Waals surface area contributed by atoms with Crippen molar-refractivity contribution >= 4 is 15.9 Å². The molecule has 0 aliphatic heterocycles. The van der Waals surface area contributed by atoms with Gasteiger partial charge in [0, 0.05) is 19.1 Å².